The number of amides is 1. The lowest BCUT2D eigenvalue weighted by molar-refractivity contribution is 0.0881. The van der Waals surface area contributed by atoms with E-state index in [0.29, 0.717) is 23.7 Å². The predicted octanol–water partition coefficient (Wildman–Crippen LogP) is 3.70. The summed E-state index contributed by atoms with van der Waals surface area (Å²) < 4.78 is 11.2. The topological polar surface area (TPSA) is 68.5 Å². The average Bonchev–Trinajstić information content (AvgIpc) is 3.26. The van der Waals surface area contributed by atoms with Gasteiger partial charge < -0.3 is 9.15 Å². The zero-order chi connectivity index (χ0) is 16.4. The van der Waals surface area contributed by atoms with Crippen LogP contribution in [0.4, 0.5) is 4.79 Å². The molecule has 1 saturated heterocycles. The van der Waals surface area contributed by atoms with Crippen molar-refractivity contribution in [1.82, 2.24) is 14.9 Å². The van der Waals surface area contributed by atoms with Crippen LogP contribution in [0.1, 0.15) is 30.3 Å². The van der Waals surface area contributed by atoms with Crippen molar-refractivity contribution in [2.75, 3.05) is 6.54 Å². The van der Waals surface area contributed by atoms with Crippen LogP contribution in [-0.2, 0) is 11.3 Å². The van der Waals surface area contributed by atoms with Crippen molar-refractivity contribution >= 4 is 17.3 Å². The number of pyridine rings is 1. The third-order valence-corrected chi connectivity index (χ3v) is 4.16. The van der Waals surface area contributed by atoms with Gasteiger partial charge in [-0.1, -0.05) is 30.3 Å². The first-order valence-electron chi connectivity index (χ1n) is 8.00. The molecule has 2 aromatic heterocycles. The third-order valence-electron chi connectivity index (χ3n) is 4.16. The molecule has 1 aromatic carbocycles. The minimum Gasteiger partial charge on any atom is -0.445 e. The molecule has 1 aliphatic heterocycles. The number of hydrogen-bond donors (Lipinski definition) is 0. The monoisotopic (exact) mass is 323 g/mol. The van der Waals surface area contributed by atoms with E-state index in [1.807, 2.05) is 36.4 Å². The van der Waals surface area contributed by atoms with Crippen LogP contribution in [0.2, 0.25) is 0 Å². The Morgan fingerprint density at radius 2 is 2.12 bits per heavy atom. The van der Waals surface area contributed by atoms with Crippen molar-refractivity contribution in [3.05, 3.63) is 60.1 Å². The van der Waals surface area contributed by atoms with E-state index >= 15 is 0 Å². The number of ether oxygens (including phenoxy) is 1. The normalized spacial score (nSPS) is 17.3. The Morgan fingerprint density at radius 3 is 2.96 bits per heavy atom. The summed E-state index contributed by atoms with van der Waals surface area (Å²) in [5, 5.41) is 0. The Hall–Kier alpha value is -2.89. The summed E-state index contributed by atoms with van der Waals surface area (Å²) in [5.74, 6) is 0.526. The number of hydrogen-bond acceptors (Lipinski definition) is 5. The summed E-state index contributed by atoms with van der Waals surface area (Å²) >= 11 is 0. The highest BCUT2D eigenvalue weighted by Gasteiger charge is 2.34. The van der Waals surface area contributed by atoms with Gasteiger partial charge in [0.15, 0.2) is 11.2 Å². The lowest BCUT2D eigenvalue weighted by Gasteiger charge is -2.21. The van der Waals surface area contributed by atoms with E-state index in [1.54, 1.807) is 17.2 Å². The molecule has 1 aliphatic rings. The van der Waals surface area contributed by atoms with Crippen molar-refractivity contribution in [3.63, 3.8) is 0 Å². The van der Waals surface area contributed by atoms with Gasteiger partial charge in [0.2, 0.25) is 5.89 Å². The highest BCUT2D eigenvalue weighted by molar-refractivity contribution is 5.70. The molecule has 1 unspecified atom stereocenters. The van der Waals surface area contributed by atoms with Crippen molar-refractivity contribution in [1.29, 1.82) is 0 Å². The standard InChI is InChI=1S/C18H17N3O3/c22-18(23-12-13-6-2-1-3-7-13)21-11-5-8-14(21)17-20-16-15(24-17)9-4-10-19-16/h1-4,6-7,9-10,14H,5,8,11-12H2. The van der Waals surface area contributed by atoms with Crippen LogP contribution in [-0.4, -0.2) is 27.5 Å². The number of likely N-dealkylation sites (tertiary alicyclic amines) is 1. The van der Waals surface area contributed by atoms with Crippen molar-refractivity contribution in [3.8, 4) is 0 Å². The highest BCUT2D eigenvalue weighted by Crippen LogP contribution is 2.33. The predicted molar refractivity (Wildman–Crippen MR) is 87.1 cm³/mol. The van der Waals surface area contributed by atoms with E-state index in [2.05, 4.69) is 9.97 Å². The zero-order valence-electron chi connectivity index (χ0n) is 13.1. The third kappa shape index (κ3) is 2.82. The van der Waals surface area contributed by atoms with Crippen molar-refractivity contribution < 1.29 is 13.9 Å². The number of aromatic nitrogens is 2. The van der Waals surface area contributed by atoms with E-state index in [1.165, 1.54) is 0 Å². The fraction of sp³-hybridized carbons (Fsp3) is 0.278. The molecule has 6 heteroatoms. The van der Waals surface area contributed by atoms with Gasteiger partial charge in [0.25, 0.3) is 0 Å². The molecule has 6 nitrogen and oxygen atoms in total. The zero-order valence-corrected chi connectivity index (χ0v) is 13.1. The lowest BCUT2D eigenvalue weighted by Crippen LogP contribution is -2.31. The molecule has 0 saturated carbocycles. The number of carbonyl (C=O) groups excluding carboxylic acids is 1. The quantitative estimate of drug-likeness (QED) is 0.735. The molecule has 4 rings (SSSR count). The van der Waals surface area contributed by atoms with Crippen LogP contribution in [0, 0.1) is 0 Å². The summed E-state index contributed by atoms with van der Waals surface area (Å²) in [6, 6.07) is 13.1. The minimum absolute atomic E-state index is 0.192. The molecule has 0 spiro atoms. The van der Waals surface area contributed by atoms with Gasteiger partial charge in [-0.2, -0.15) is 4.98 Å². The molecular formula is C18H17N3O3. The SMILES string of the molecule is O=C(OCc1ccccc1)N1CCCC1c1nc2ncccc2o1. The van der Waals surface area contributed by atoms with Crippen molar-refractivity contribution in [2.24, 2.45) is 0 Å². The van der Waals surface area contributed by atoms with Gasteiger partial charge in [0, 0.05) is 12.7 Å². The van der Waals surface area contributed by atoms with Gasteiger partial charge in [0.1, 0.15) is 12.6 Å². The molecule has 0 radical (unpaired) electrons. The molecule has 1 fully saturated rings. The number of benzene rings is 1. The molecule has 122 valence electrons. The summed E-state index contributed by atoms with van der Waals surface area (Å²) in [5.41, 5.74) is 2.17. The molecule has 3 heterocycles. The minimum atomic E-state index is -0.337. The first-order chi connectivity index (χ1) is 11.8. The number of rotatable bonds is 3. The molecule has 0 N–H and O–H groups in total. The Morgan fingerprint density at radius 1 is 1.25 bits per heavy atom. The second kappa shape index (κ2) is 6.31. The van der Waals surface area contributed by atoms with Crippen LogP contribution < -0.4 is 0 Å². The van der Waals surface area contributed by atoms with E-state index in [0.717, 1.165) is 18.4 Å². The van der Waals surface area contributed by atoms with Crippen LogP contribution in [0.5, 0.6) is 0 Å². The fourth-order valence-corrected chi connectivity index (χ4v) is 2.97. The Balaban J connectivity index is 1.48. The maximum Gasteiger partial charge on any atom is 0.410 e. The Bertz CT molecular complexity index is 814. The van der Waals surface area contributed by atoms with Crippen LogP contribution in [0.25, 0.3) is 11.2 Å². The van der Waals surface area contributed by atoms with E-state index in [-0.39, 0.29) is 18.7 Å². The van der Waals surface area contributed by atoms with Gasteiger partial charge in [-0.3, -0.25) is 4.90 Å². The molecule has 0 aliphatic carbocycles. The highest BCUT2D eigenvalue weighted by atomic mass is 16.6. The number of fused-ring (bicyclic) bond motifs is 1. The van der Waals surface area contributed by atoms with Gasteiger partial charge in [-0.05, 0) is 30.5 Å². The van der Waals surface area contributed by atoms with Crippen molar-refractivity contribution in [2.45, 2.75) is 25.5 Å². The Kier molecular flexibility index (Phi) is 3.86. The maximum atomic E-state index is 12.4. The molecule has 3 aromatic rings. The Labute approximate surface area is 139 Å². The number of nitrogens with zero attached hydrogens (tertiary/aromatic N) is 3. The maximum absolute atomic E-state index is 12.4. The number of oxazole rings is 1. The first kappa shape index (κ1) is 14.7. The molecule has 1 atom stereocenters. The number of carbonyl (C=O) groups is 1. The van der Waals surface area contributed by atoms with Gasteiger partial charge >= 0.3 is 6.09 Å². The molecule has 1 amide bonds. The van der Waals surface area contributed by atoms with E-state index in [4.69, 9.17) is 9.15 Å². The molecule has 0 bridgehead atoms. The van der Waals surface area contributed by atoms with Gasteiger partial charge in [-0.15, -0.1) is 0 Å². The lowest BCUT2D eigenvalue weighted by atomic mass is 10.2. The average molecular weight is 323 g/mol. The summed E-state index contributed by atoms with van der Waals surface area (Å²) in [4.78, 5) is 22.7. The van der Waals surface area contributed by atoms with Crippen LogP contribution >= 0.6 is 0 Å². The molecule has 24 heavy (non-hydrogen) atoms. The second-order valence-corrected chi connectivity index (χ2v) is 5.77. The molecular weight excluding hydrogens is 306 g/mol. The smallest absolute Gasteiger partial charge is 0.410 e. The summed E-state index contributed by atoms with van der Waals surface area (Å²) in [6.07, 6.45) is 3.05. The van der Waals surface area contributed by atoms with Crippen LogP contribution in [0.15, 0.2) is 53.1 Å². The van der Waals surface area contributed by atoms with Crippen LogP contribution in [0.3, 0.4) is 0 Å². The second-order valence-electron chi connectivity index (χ2n) is 5.77. The first-order valence-corrected chi connectivity index (χ1v) is 8.00. The summed E-state index contributed by atoms with van der Waals surface area (Å²) in [6.45, 7) is 0.905. The van der Waals surface area contributed by atoms with E-state index in [9.17, 15) is 4.79 Å². The largest absolute Gasteiger partial charge is 0.445 e. The fourth-order valence-electron chi connectivity index (χ4n) is 2.97. The summed E-state index contributed by atoms with van der Waals surface area (Å²) in [7, 11) is 0. The van der Waals surface area contributed by atoms with E-state index < -0.39 is 0 Å². The van der Waals surface area contributed by atoms with Gasteiger partial charge in [0.05, 0.1) is 0 Å². The van der Waals surface area contributed by atoms with Gasteiger partial charge in [-0.25, -0.2) is 9.78 Å².